The van der Waals surface area contributed by atoms with Crippen LogP contribution in [0, 0.1) is 0 Å². The minimum atomic E-state index is -1.18. The summed E-state index contributed by atoms with van der Waals surface area (Å²) in [5, 5.41) is 3.76. The van der Waals surface area contributed by atoms with Gasteiger partial charge in [0, 0.05) is 21.9 Å². The molecule has 1 aliphatic rings. The Hall–Kier alpha value is -1.30. The van der Waals surface area contributed by atoms with E-state index in [9.17, 15) is 4.55 Å². The summed E-state index contributed by atoms with van der Waals surface area (Å²) in [6.07, 6.45) is 0. The van der Waals surface area contributed by atoms with E-state index in [-0.39, 0.29) is 0 Å². The van der Waals surface area contributed by atoms with Gasteiger partial charge in [-0.15, -0.1) is 11.3 Å². The van der Waals surface area contributed by atoms with Gasteiger partial charge in [0.2, 0.25) is 0 Å². The van der Waals surface area contributed by atoms with E-state index < -0.39 is 11.2 Å². The molecule has 3 rings (SSSR count). The number of aliphatic imine (C=N–C) groups is 1. The van der Waals surface area contributed by atoms with Crippen molar-refractivity contribution < 1.29 is 4.55 Å². The molecule has 80 valence electrons. The van der Waals surface area contributed by atoms with Crippen LogP contribution in [-0.4, -0.2) is 10.4 Å². The highest BCUT2D eigenvalue weighted by Gasteiger charge is 2.27. The molecule has 0 bridgehead atoms. The SMILES string of the molecule is NC1=Nc2ccccc2[S+]([O-])c2cscc21. The van der Waals surface area contributed by atoms with E-state index in [1.165, 1.54) is 11.3 Å². The molecule has 1 aromatic heterocycles. The molecule has 2 N–H and O–H groups in total. The molecule has 0 amide bonds. The molecule has 0 fully saturated rings. The van der Waals surface area contributed by atoms with Gasteiger partial charge < -0.3 is 10.3 Å². The Kier molecular flexibility index (Phi) is 2.24. The van der Waals surface area contributed by atoms with Crippen molar-refractivity contribution in [2.24, 2.45) is 10.7 Å². The number of para-hydroxylation sites is 1. The highest BCUT2D eigenvalue weighted by atomic mass is 32.2. The van der Waals surface area contributed by atoms with Crippen molar-refractivity contribution in [2.45, 2.75) is 9.79 Å². The number of thiophene rings is 1. The van der Waals surface area contributed by atoms with Crippen molar-refractivity contribution >= 4 is 34.0 Å². The topological polar surface area (TPSA) is 61.4 Å². The summed E-state index contributed by atoms with van der Waals surface area (Å²) in [7, 11) is 0. The third-order valence-electron chi connectivity index (χ3n) is 2.41. The number of hydrogen-bond acceptors (Lipinski definition) is 4. The van der Waals surface area contributed by atoms with Crippen molar-refractivity contribution in [2.75, 3.05) is 0 Å². The van der Waals surface area contributed by atoms with Gasteiger partial charge in [-0.3, -0.25) is 0 Å². The van der Waals surface area contributed by atoms with Crippen molar-refractivity contribution in [1.82, 2.24) is 0 Å². The van der Waals surface area contributed by atoms with Crippen molar-refractivity contribution in [3.63, 3.8) is 0 Å². The fourth-order valence-electron chi connectivity index (χ4n) is 1.63. The Morgan fingerprint density at radius 2 is 2.00 bits per heavy atom. The lowest BCUT2D eigenvalue weighted by Crippen LogP contribution is -2.13. The van der Waals surface area contributed by atoms with Gasteiger partial charge in [-0.2, -0.15) is 0 Å². The summed E-state index contributed by atoms with van der Waals surface area (Å²) in [6, 6.07) is 7.38. The standard InChI is InChI=1S/C11H8N2OS2/c12-11-7-5-15-6-10(7)16(14)9-4-2-1-3-8(9)13-11/h1-6H,(H2,12,13). The lowest BCUT2D eigenvalue weighted by Gasteiger charge is -2.08. The van der Waals surface area contributed by atoms with E-state index in [1.807, 2.05) is 35.0 Å². The maximum Gasteiger partial charge on any atom is 0.184 e. The Bertz CT molecular complexity index is 577. The summed E-state index contributed by atoms with van der Waals surface area (Å²) in [5.74, 6) is 0.439. The fourth-order valence-corrected chi connectivity index (χ4v) is 4.03. The molecular formula is C11H8N2OS2. The molecule has 2 aromatic rings. The highest BCUT2D eigenvalue weighted by molar-refractivity contribution is 7.91. The van der Waals surface area contributed by atoms with Gasteiger partial charge in [0.25, 0.3) is 0 Å². The Morgan fingerprint density at radius 1 is 1.19 bits per heavy atom. The second kappa shape index (κ2) is 3.62. The van der Waals surface area contributed by atoms with E-state index in [2.05, 4.69) is 4.99 Å². The molecular weight excluding hydrogens is 240 g/mol. The van der Waals surface area contributed by atoms with Crippen molar-refractivity contribution in [3.05, 3.63) is 40.6 Å². The molecule has 1 atom stereocenters. The third kappa shape index (κ3) is 1.36. The summed E-state index contributed by atoms with van der Waals surface area (Å²) < 4.78 is 12.3. The number of rotatable bonds is 0. The van der Waals surface area contributed by atoms with Gasteiger partial charge in [-0.05, 0) is 12.1 Å². The van der Waals surface area contributed by atoms with E-state index in [1.54, 1.807) is 0 Å². The first-order valence-electron chi connectivity index (χ1n) is 4.69. The van der Waals surface area contributed by atoms with Gasteiger partial charge in [0.05, 0.1) is 5.56 Å². The molecule has 0 radical (unpaired) electrons. The van der Waals surface area contributed by atoms with Gasteiger partial charge in [0.1, 0.15) is 11.5 Å². The van der Waals surface area contributed by atoms with E-state index in [0.29, 0.717) is 11.5 Å². The zero-order chi connectivity index (χ0) is 11.1. The number of fused-ring (bicyclic) bond motifs is 2. The highest BCUT2D eigenvalue weighted by Crippen LogP contribution is 2.35. The van der Waals surface area contributed by atoms with Crippen molar-refractivity contribution in [3.8, 4) is 0 Å². The second-order valence-electron chi connectivity index (χ2n) is 3.38. The smallest absolute Gasteiger partial charge is 0.184 e. The molecule has 3 nitrogen and oxygen atoms in total. The number of nitrogens with two attached hydrogens (primary N) is 1. The molecule has 0 saturated heterocycles. The number of benzene rings is 1. The van der Waals surface area contributed by atoms with Gasteiger partial charge in [0.15, 0.2) is 9.79 Å². The van der Waals surface area contributed by atoms with Crippen LogP contribution < -0.4 is 5.73 Å². The largest absolute Gasteiger partial charge is 0.606 e. The van der Waals surface area contributed by atoms with Gasteiger partial charge >= 0.3 is 0 Å². The van der Waals surface area contributed by atoms with E-state index >= 15 is 0 Å². The van der Waals surface area contributed by atoms with Crippen LogP contribution in [0.4, 0.5) is 5.69 Å². The van der Waals surface area contributed by atoms with E-state index in [4.69, 9.17) is 5.73 Å². The predicted molar refractivity (Wildman–Crippen MR) is 65.8 cm³/mol. The molecule has 1 aromatic carbocycles. The molecule has 5 heteroatoms. The lowest BCUT2D eigenvalue weighted by molar-refractivity contribution is 0.596. The monoisotopic (exact) mass is 248 g/mol. The van der Waals surface area contributed by atoms with Crippen LogP contribution in [0.1, 0.15) is 5.56 Å². The van der Waals surface area contributed by atoms with E-state index in [0.717, 1.165) is 15.4 Å². The summed E-state index contributed by atoms with van der Waals surface area (Å²) >= 11 is 0.312. The fraction of sp³-hybridized carbons (Fsp3) is 0. The molecule has 1 unspecified atom stereocenters. The first kappa shape index (κ1) is 9.89. The van der Waals surface area contributed by atoms with Crippen LogP contribution in [0.15, 0.2) is 49.8 Å². The van der Waals surface area contributed by atoms with Crippen LogP contribution in [0.25, 0.3) is 0 Å². The maximum atomic E-state index is 12.3. The number of nitrogens with zero attached hydrogens (tertiary/aromatic N) is 1. The normalized spacial score (nSPS) is 18.3. The first-order valence-corrected chi connectivity index (χ1v) is 6.78. The van der Waals surface area contributed by atoms with Crippen LogP contribution in [0.3, 0.4) is 0 Å². The third-order valence-corrected chi connectivity index (χ3v) is 4.78. The minimum absolute atomic E-state index is 0.439. The Balaban J connectivity index is 2.31. The van der Waals surface area contributed by atoms with Crippen molar-refractivity contribution in [1.29, 1.82) is 0 Å². The van der Waals surface area contributed by atoms with Crippen LogP contribution in [0.5, 0.6) is 0 Å². The molecule has 0 aliphatic carbocycles. The van der Waals surface area contributed by atoms with Gasteiger partial charge in [-0.25, -0.2) is 4.99 Å². The average Bonchev–Trinajstić information content (AvgIpc) is 2.74. The number of amidine groups is 1. The average molecular weight is 248 g/mol. The summed E-state index contributed by atoms with van der Waals surface area (Å²) in [5.41, 5.74) is 7.38. The molecule has 0 spiro atoms. The summed E-state index contributed by atoms with van der Waals surface area (Å²) in [6.45, 7) is 0. The Labute approximate surface area is 99.8 Å². The second-order valence-corrected chi connectivity index (χ2v) is 5.54. The summed E-state index contributed by atoms with van der Waals surface area (Å²) in [4.78, 5) is 5.80. The Morgan fingerprint density at radius 3 is 2.88 bits per heavy atom. The molecule has 2 heterocycles. The molecule has 1 aliphatic heterocycles. The molecule has 16 heavy (non-hydrogen) atoms. The minimum Gasteiger partial charge on any atom is -0.606 e. The number of hydrogen-bond donors (Lipinski definition) is 1. The predicted octanol–water partition coefficient (Wildman–Crippen LogP) is 2.27. The lowest BCUT2D eigenvalue weighted by atomic mass is 10.3. The quantitative estimate of drug-likeness (QED) is 0.727. The van der Waals surface area contributed by atoms with Crippen LogP contribution >= 0.6 is 11.3 Å². The van der Waals surface area contributed by atoms with Gasteiger partial charge in [-0.1, -0.05) is 12.1 Å². The zero-order valence-electron chi connectivity index (χ0n) is 8.21. The van der Waals surface area contributed by atoms with Crippen LogP contribution in [-0.2, 0) is 11.2 Å². The molecule has 0 saturated carbocycles. The van der Waals surface area contributed by atoms with Crippen LogP contribution in [0.2, 0.25) is 0 Å². The zero-order valence-corrected chi connectivity index (χ0v) is 9.85. The maximum absolute atomic E-state index is 12.3. The first-order chi connectivity index (χ1) is 7.77.